The molecule has 98 valence electrons. The molecule has 1 fully saturated rings. The molecule has 0 saturated heterocycles. The van der Waals surface area contributed by atoms with Crippen LogP contribution < -0.4 is 11.1 Å². The van der Waals surface area contributed by atoms with Gasteiger partial charge < -0.3 is 16.2 Å². The van der Waals surface area contributed by atoms with Crippen LogP contribution in [0.3, 0.4) is 0 Å². The summed E-state index contributed by atoms with van der Waals surface area (Å²) in [7, 11) is 0. The van der Waals surface area contributed by atoms with Crippen molar-refractivity contribution >= 4 is 11.9 Å². The van der Waals surface area contributed by atoms with Gasteiger partial charge in [-0.3, -0.25) is 9.59 Å². The fourth-order valence-electron chi connectivity index (χ4n) is 2.00. The highest BCUT2D eigenvalue weighted by Gasteiger charge is 2.33. The molecule has 1 rings (SSSR count). The number of nitrogens with one attached hydrogen (secondary N) is 1. The van der Waals surface area contributed by atoms with E-state index in [1.165, 1.54) is 0 Å². The Bertz CT molecular complexity index is 277. The minimum atomic E-state index is -0.861. The number of hydrogen-bond acceptors (Lipinski definition) is 3. The first-order valence-electron chi connectivity index (χ1n) is 6.29. The van der Waals surface area contributed by atoms with E-state index in [1.807, 2.05) is 6.92 Å². The van der Waals surface area contributed by atoms with E-state index in [0.717, 1.165) is 25.7 Å². The second-order valence-electron chi connectivity index (χ2n) is 4.86. The monoisotopic (exact) mass is 242 g/mol. The number of amides is 1. The number of nitrogens with two attached hydrogens (primary N) is 1. The molecule has 0 spiro atoms. The average Bonchev–Trinajstić information content (AvgIpc) is 2.98. The maximum atomic E-state index is 11.7. The van der Waals surface area contributed by atoms with Crippen LogP contribution in [-0.4, -0.2) is 29.1 Å². The quantitative estimate of drug-likeness (QED) is 0.589. The van der Waals surface area contributed by atoms with Gasteiger partial charge in [0.2, 0.25) is 5.91 Å². The number of hydrogen-bond donors (Lipinski definition) is 3. The van der Waals surface area contributed by atoms with Crippen molar-refractivity contribution in [1.82, 2.24) is 5.32 Å². The molecule has 5 heteroatoms. The minimum absolute atomic E-state index is 0.0133. The number of rotatable bonds is 8. The van der Waals surface area contributed by atoms with E-state index in [2.05, 4.69) is 5.32 Å². The Hall–Kier alpha value is -1.10. The Morgan fingerprint density at radius 3 is 2.53 bits per heavy atom. The van der Waals surface area contributed by atoms with Gasteiger partial charge in [-0.15, -0.1) is 0 Å². The Morgan fingerprint density at radius 2 is 2.06 bits per heavy atom. The fraction of sp³-hybridized carbons (Fsp3) is 0.833. The van der Waals surface area contributed by atoms with Crippen molar-refractivity contribution in [3.8, 4) is 0 Å². The van der Waals surface area contributed by atoms with Crippen LogP contribution in [0.5, 0.6) is 0 Å². The van der Waals surface area contributed by atoms with Crippen LogP contribution in [0, 0.1) is 5.92 Å². The molecule has 1 aliphatic rings. The molecule has 2 atom stereocenters. The van der Waals surface area contributed by atoms with Gasteiger partial charge in [-0.2, -0.15) is 0 Å². The SMILES string of the molecule is CCCC(N)CC(=O)NC(CC(=O)O)C1CC1. The lowest BCUT2D eigenvalue weighted by atomic mass is 10.1. The van der Waals surface area contributed by atoms with Crippen LogP contribution in [-0.2, 0) is 9.59 Å². The van der Waals surface area contributed by atoms with Crippen molar-refractivity contribution in [2.45, 2.75) is 57.5 Å². The zero-order valence-corrected chi connectivity index (χ0v) is 10.3. The highest BCUT2D eigenvalue weighted by molar-refractivity contribution is 5.78. The molecule has 1 aliphatic carbocycles. The van der Waals surface area contributed by atoms with Gasteiger partial charge in [0.25, 0.3) is 0 Å². The molecule has 0 aromatic rings. The van der Waals surface area contributed by atoms with Crippen molar-refractivity contribution in [3.05, 3.63) is 0 Å². The minimum Gasteiger partial charge on any atom is -0.481 e. The van der Waals surface area contributed by atoms with Crippen molar-refractivity contribution in [2.24, 2.45) is 11.7 Å². The number of carbonyl (C=O) groups is 2. The normalized spacial score (nSPS) is 18.5. The van der Waals surface area contributed by atoms with E-state index in [0.29, 0.717) is 5.92 Å². The molecular formula is C12H22N2O3. The molecule has 0 bridgehead atoms. The van der Waals surface area contributed by atoms with Crippen LogP contribution in [0.2, 0.25) is 0 Å². The molecule has 0 heterocycles. The fourth-order valence-corrected chi connectivity index (χ4v) is 2.00. The van der Waals surface area contributed by atoms with Gasteiger partial charge in [0.1, 0.15) is 0 Å². The summed E-state index contributed by atoms with van der Waals surface area (Å²) < 4.78 is 0. The standard InChI is InChI=1S/C12H22N2O3/c1-2-3-9(13)6-11(15)14-10(7-12(16)17)8-4-5-8/h8-10H,2-7,13H2,1H3,(H,14,15)(H,16,17). The van der Waals surface area contributed by atoms with Crippen molar-refractivity contribution in [2.75, 3.05) is 0 Å². The zero-order valence-electron chi connectivity index (χ0n) is 10.3. The van der Waals surface area contributed by atoms with E-state index in [9.17, 15) is 9.59 Å². The summed E-state index contributed by atoms with van der Waals surface area (Å²) in [5, 5.41) is 11.6. The number of carboxylic acids is 1. The van der Waals surface area contributed by atoms with Crippen LogP contribution in [0.4, 0.5) is 0 Å². The van der Waals surface area contributed by atoms with Crippen molar-refractivity contribution < 1.29 is 14.7 Å². The number of carbonyl (C=O) groups excluding carboxylic acids is 1. The number of carboxylic acid groups (broad SMARTS) is 1. The predicted molar refractivity (Wildman–Crippen MR) is 64.4 cm³/mol. The molecule has 1 saturated carbocycles. The molecule has 0 aliphatic heterocycles. The molecule has 0 radical (unpaired) electrons. The maximum Gasteiger partial charge on any atom is 0.305 e. The van der Waals surface area contributed by atoms with Crippen LogP contribution >= 0.6 is 0 Å². The van der Waals surface area contributed by atoms with Crippen LogP contribution in [0.15, 0.2) is 0 Å². The average molecular weight is 242 g/mol. The van der Waals surface area contributed by atoms with E-state index in [1.54, 1.807) is 0 Å². The van der Waals surface area contributed by atoms with Gasteiger partial charge in [0.05, 0.1) is 6.42 Å². The third-order valence-electron chi connectivity index (χ3n) is 3.04. The topological polar surface area (TPSA) is 92.4 Å². The van der Waals surface area contributed by atoms with Crippen LogP contribution in [0.25, 0.3) is 0 Å². The van der Waals surface area contributed by atoms with Crippen molar-refractivity contribution in [1.29, 1.82) is 0 Å². The lowest BCUT2D eigenvalue weighted by molar-refractivity contribution is -0.137. The summed E-state index contributed by atoms with van der Waals surface area (Å²) >= 11 is 0. The molecule has 0 aromatic heterocycles. The summed E-state index contributed by atoms with van der Waals surface area (Å²) in [4.78, 5) is 22.3. The summed E-state index contributed by atoms with van der Waals surface area (Å²) in [6, 6.07) is -0.335. The molecule has 1 amide bonds. The van der Waals surface area contributed by atoms with Gasteiger partial charge in [-0.05, 0) is 25.2 Å². The summed E-state index contributed by atoms with van der Waals surface area (Å²) in [5.74, 6) is -0.637. The Morgan fingerprint density at radius 1 is 1.41 bits per heavy atom. The lowest BCUT2D eigenvalue weighted by Gasteiger charge is -2.17. The first-order valence-corrected chi connectivity index (χ1v) is 6.29. The maximum absolute atomic E-state index is 11.7. The molecule has 0 aromatic carbocycles. The van der Waals surface area contributed by atoms with Crippen LogP contribution in [0.1, 0.15) is 45.4 Å². The van der Waals surface area contributed by atoms with Crippen molar-refractivity contribution in [3.63, 3.8) is 0 Å². The third kappa shape index (κ3) is 5.68. The summed E-state index contributed by atoms with van der Waals surface area (Å²) in [6.45, 7) is 2.02. The molecular weight excluding hydrogens is 220 g/mol. The van der Waals surface area contributed by atoms with Gasteiger partial charge in [0, 0.05) is 18.5 Å². The number of aliphatic carboxylic acids is 1. The largest absolute Gasteiger partial charge is 0.481 e. The first kappa shape index (κ1) is 14.0. The van der Waals surface area contributed by atoms with Gasteiger partial charge in [0.15, 0.2) is 0 Å². The highest BCUT2D eigenvalue weighted by atomic mass is 16.4. The lowest BCUT2D eigenvalue weighted by Crippen LogP contribution is -2.40. The van der Waals surface area contributed by atoms with E-state index >= 15 is 0 Å². The van der Waals surface area contributed by atoms with E-state index in [4.69, 9.17) is 10.8 Å². The second-order valence-corrected chi connectivity index (χ2v) is 4.86. The smallest absolute Gasteiger partial charge is 0.305 e. The Balaban J connectivity index is 2.33. The highest BCUT2D eigenvalue weighted by Crippen LogP contribution is 2.34. The van der Waals surface area contributed by atoms with Gasteiger partial charge in [-0.25, -0.2) is 0 Å². The first-order chi connectivity index (χ1) is 8.02. The Kier molecular flexibility index (Phi) is 5.41. The Labute approximate surface area is 102 Å². The molecule has 4 N–H and O–H groups in total. The third-order valence-corrected chi connectivity index (χ3v) is 3.04. The van der Waals surface area contributed by atoms with Gasteiger partial charge in [-0.1, -0.05) is 13.3 Å². The van der Waals surface area contributed by atoms with E-state index < -0.39 is 5.97 Å². The molecule has 2 unspecified atom stereocenters. The molecule has 5 nitrogen and oxygen atoms in total. The predicted octanol–water partition coefficient (Wildman–Crippen LogP) is 0.873. The second kappa shape index (κ2) is 6.59. The van der Waals surface area contributed by atoms with E-state index in [-0.39, 0.29) is 30.8 Å². The summed E-state index contributed by atoms with van der Waals surface area (Å²) in [6.07, 6.45) is 4.10. The summed E-state index contributed by atoms with van der Waals surface area (Å²) in [5.41, 5.74) is 5.78. The molecule has 17 heavy (non-hydrogen) atoms. The van der Waals surface area contributed by atoms with Gasteiger partial charge >= 0.3 is 5.97 Å². The zero-order chi connectivity index (χ0) is 12.8.